The van der Waals surface area contributed by atoms with Crippen LogP contribution in [0.25, 0.3) is 23.5 Å². The summed E-state index contributed by atoms with van der Waals surface area (Å²) in [6, 6.07) is 5.99. The summed E-state index contributed by atoms with van der Waals surface area (Å²) in [4.78, 5) is 10.9. The molecule has 0 aliphatic carbocycles. The number of aliphatic hydroxyl groups is 2. The van der Waals surface area contributed by atoms with Crippen LogP contribution in [0, 0.1) is 0 Å². The zero-order valence-corrected chi connectivity index (χ0v) is 7.68. The van der Waals surface area contributed by atoms with Gasteiger partial charge in [0.2, 0.25) is 0 Å². The fraction of sp³-hybridized carbons (Fsp3) is 0. The van der Waals surface area contributed by atoms with Crippen LogP contribution < -0.4 is 16.1 Å². The first-order valence-electron chi connectivity index (χ1n) is 4.27. The van der Waals surface area contributed by atoms with Crippen molar-refractivity contribution in [2.75, 3.05) is 0 Å². The molecule has 0 aliphatic heterocycles. The third-order valence-electron chi connectivity index (χ3n) is 2.10. The van der Waals surface area contributed by atoms with Crippen molar-refractivity contribution in [3.8, 4) is 0 Å². The van der Waals surface area contributed by atoms with Gasteiger partial charge >= 0.3 is 5.63 Å². The Morgan fingerprint density at radius 2 is 1.73 bits per heavy atom. The minimum absolute atomic E-state index is 0.369. The van der Waals surface area contributed by atoms with E-state index >= 15 is 0 Å². The summed E-state index contributed by atoms with van der Waals surface area (Å²) in [6.45, 7) is 0. The standard InChI is InChI=1S/C11H8O4/c12-5-8-3-7-1-2-11(14)15-10(7)4-9(8)6-13/h1-6,12-13H. The molecule has 2 rings (SSSR count). The Kier molecular flexibility index (Phi) is 2.17. The molecule has 0 fully saturated rings. The van der Waals surface area contributed by atoms with E-state index in [4.69, 9.17) is 14.6 Å². The molecule has 0 atom stereocenters. The first kappa shape index (κ1) is 9.33. The molecule has 4 nitrogen and oxygen atoms in total. The highest BCUT2D eigenvalue weighted by Gasteiger charge is 1.97. The monoisotopic (exact) mass is 204 g/mol. The van der Waals surface area contributed by atoms with Crippen LogP contribution in [-0.4, -0.2) is 10.2 Å². The largest absolute Gasteiger partial charge is 0.515 e. The maximum Gasteiger partial charge on any atom is 0.336 e. The molecule has 4 heteroatoms. The highest BCUT2D eigenvalue weighted by molar-refractivity contribution is 5.76. The zero-order chi connectivity index (χ0) is 10.8. The smallest absolute Gasteiger partial charge is 0.336 e. The fourth-order valence-corrected chi connectivity index (χ4v) is 1.37. The topological polar surface area (TPSA) is 70.7 Å². The van der Waals surface area contributed by atoms with Crippen LogP contribution in [0.3, 0.4) is 0 Å². The van der Waals surface area contributed by atoms with Gasteiger partial charge in [-0.1, -0.05) is 0 Å². The number of fused-ring (bicyclic) bond motifs is 1. The third kappa shape index (κ3) is 1.57. The fourth-order valence-electron chi connectivity index (χ4n) is 1.37. The Labute approximate surface area is 84.0 Å². The number of aliphatic hydroxyl groups excluding tert-OH is 2. The molecule has 15 heavy (non-hydrogen) atoms. The first-order chi connectivity index (χ1) is 7.24. The highest BCUT2D eigenvalue weighted by Crippen LogP contribution is 2.05. The molecule has 1 aromatic heterocycles. The van der Waals surface area contributed by atoms with Gasteiger partial charge in [-0.05, 0) is 18.2 Å². The number of benzene rings is 1. The lowest BCUT2D eigenvalue weighted by Gasteiger charge is -1.95. The summed E-state index contributed by atoms with van der Waals surface area (Å²) in [5.74, 6) is 0. The normalized spacial score (nSPS) is 13.6. The van der Waals surface area contributed by atoms with E-state index in [0.29, 0.717) is 21.4 Å². The zero-order valence-electron chi connectivity index (χ0n) is 7.68. The molecule has 0 amide bonds. The quantitative estimate of drug-likeness (QED) is 0.609. The third-order valence-corrected chi connectivity index (χ3v) is 2.10. The van der Waals surface area contributed by atoms with E-state index in [1.807, 2.05) is 0 Å². The maximum absolute atomic E-state index is 10.9. The van der Waals surface area contributed by atoms with E-state index in [0.717, 1.165) is 12.5 Å². The average molecular weight is 204 g/mol. The van der Waals surface area contributed by atoms with Gasteiger partial charge in [0.15, 0.2) is 0 Å². The van der Waals surface area contributed by atoms with Crippen molar-refractivity contribution in [3.05, 3.63) is 45.1 Å². The number of rotatable bonds is 0. The molecule has 76 valence electrons. The summed E-state index contributed by atoms with van der Waals surface area (Å²) < 4.78 is 4.92. The number of hydrogen-bond donors (Lipinski definition) is 2. The predicted molar refractivity (Wildman–Crippen MR) is 55.9 cm³/mol. The summed E-state index contributed by atoms with van der Waals surface area (Å²) in [6.07, 6.45) is 1.72. The molecular weight excluding hydrogens is 196 g/mol. The summed E-state index contributed by atoms with van der Waals surface area (Å²) >= 11 is 0. The molecule has 0 aliphatic rings. The second-order valence-corrected chi connectivity index (χ2v) is 3.03. The average Bonchev–Trinajstić information content (AvgIpc) is 2.27. The second-order valence-electron chi connectivity index (χ2n) is 3.03. The molecule has 0 radical (unpaired) electrons. The summed E-state index contributed by atoms with van der Waals surface area (Å²) in [7, 11) is 0. The number of hydrogen-bond acceptors (Lipinski definition) is 4. The Balaban J connectivity index is 3.01. The van der Waals surface area contributed by atoms with Gasteiger partial charge in [0.25, 0.3) is 0 Å². The van der Waals surface area contributed by atoms with Crippen molar-refractivity contribution in [2.45, 2.75) is 0 Å². The van der Waals surface area contributed by atoms with Crippen molar-refractivity contribution >= 4 is 23.5 Å². The summed E-state index contributed by atoms with van der Waals surface area (Å²) in [5.41, 5.74) is -0.0829. The van der Waals surface area contributed by atoms with E-state index in [1.54, 1.807) is 12.1 Å². The van der Waals surface area contributed by atoms with E-state index in [-0.39, 0.29) is 0 Å². The second kappa shape index (κ2) is 3.49. The Morgan fingerprint density at radius 1 is 1.07 bits per heavy atom. The van der Waals surface area contributed by atoms with E-state index in [1.165, 1.54) is 12.1 Å². The van der Waals surface area contributed by atoms with Crippen LogP contribution in [0.2, 0.25) is 0 Å². The maximum atomic E-state index is 10.9. The lowest BCUT2D eigenvalue weighted by atomic mass is 10.2. The van der Waals surface area contributed by atoms with Crippen molar-refractivity contribution in [1.29, 1.82) is 0 Å². The Morgan fingerprint density at radius 3 is 2.40 bits per heavy atom. The molecule has 2 aromatic rings. The SMILES string of the molecule is O=c1ccc2cc(=CO)c(=CO)cc2o1. The van der Waals surface area contributed by atoms with Gasteiger partial charge in [-0.15, -0.1) is 0 Å². The van der Waals surface area contributed by atoms with Crippen LogP contribution in [0.4, 0.5) is 0 Å². The van der Waals surface area contributed by atoms with Gasteiger partial charge < -0.3 is 14.6 Å². The van der Waals surface area contributed by atoms with Crippen molar-refractivity contribution in [2.24, 2.45) is 0 Å². The molecule has 0 saturated heterocycles. The van der Waals surface area contributed by atoms with E-state index < -0.39 is 5.63 Å². The van der Waals surface area contributed by atoms with Gasteiger partial charge in [-0.25, -0.2) is 4.79 Å². The predicted octanol–water partition coefficient (Wildman–Crippen LogP) is 0.385. The van der Waals surface area contributed by atoms with Gasteiger partial charge in [-0.2, -0.15) is 0 Å². The van der Waals surface area contributed by atoms with Crippen LogP contribution >= 0.6 is 0 Å². The molecule has 1 heterocycles. The Bertz CT molecular complexity index is 667. The van der Waals surface area contributed by atoms with Crippen LogP contribution in [-0.2, 0) is 0 Å². The Hall–Kier alpha value is -2.23. The minimum Gasteiger partial charge on any atom is -0.515 e. The highest BCUT2D eigenvalue weighted by atomic mass is 16.4. The molecular formula is C11H8O4. The van der Waals surface area contributed by atoms with Crippen LogP contribution in [0.5, 0.6) is 0 Å². The lowest BCUT2D eigenvalue weighted by Crippen LogP contribution is -2.24. The molecule has 2 N–H and O–H groups in total. The minimum atomic E-state index is -0.452. The molecule has 0 bridgehead atoms. The van der Waals surface area contributed by atoms with E-state index in [2.05, 4.69) is 0 Å². The van der Waals surface area contributed by atoms with Crippen molar-refractivity contribution in [1.82, 2.24) is 0 Å². The first-order valence-corrected chi connectivity index (χ1v) is 4.27. The van der Waals surface area contributed by atoms with E-state index in [9.17, 15) is 4.79 Å². The molecule has 0 saturated carbocycles. The molecule has 0 spiro atoms. The van der Waals surface area contributed by atoms with Crippen LogP contribution in [0.15, 0.2) is 33.5 Å². The molecule has 1 aromatic carbocycles. The van der Waals surface area contributed by atoms with Gasteiger partial charge in [0.05, 0.1) is 12.5 Å². The van der Waals surface area contributed by atoms with Crippen LogP contribution in [0.1, 0.15) is 0 Å². The van der Waals surface area contributed by atoms with Crippen molar-refractivity contribution < 1.29 is 14.6 Å². The van der Waals surface area contributed by atoms with Gasteiger partial charge in [0, 0.05) is 21.9 Å². The molecule has 0 unspecified atom stereocenters. The van der Waals surface area contributed by atoms with Gasteiger partial charge in [0.1, 0.15) is 5.58 Å². The lowest BCUT2D eigenvalue weighted by molar-refractivity contribution is 0.532. The summed E-state index contributed by atoms with van der Waals surface area (Å²) in [5, 5.41) is 19.3. The van der Waals surface area contributed by atoms with Gasteiger partial charge in [-0.3, -0.25) is 0 Å². The van der Waals surface area contributed by atoms with Crippen molar-refractivity contribution in [3.63, 3.8) is 0 Å².